The van der Waals surface area contributed by atoms with Crippen LogP contribution in [0.5, 0.6) is 0 Å². The Kier molecular flexibility index (Phi) is 5.42. The van der Waals surface area contributed by atoms with Gasteiger partial charge in [-0.1, -0.05) is 12.1 Å². The zero-order valence-corrected chi connectivity index (χ0v) is 8.74. The molecule has 0 aliphatic carbocycles. The number of nitrogens with zero attached hydrogens (tertiary/aromatic N) is 1. The quantitative estimate of drug-likeness (QED) is 0.446. The van der Waals surface area contributed by atoms with Gasteiger partial charge in [-0.25, -0.2) is 8.78 Å². The zero-order valence-electron chi connectivity index (χ0n) is 8.74. The fourth-order valence-corrected chi connectivity index (χ4v) is 1.11. The highest BCUT2D eigenvalue weighted by Crippen LogP contribution is 2.21. The molecule has 0 bridgehead atoms. The van der Waals surface area contributed by atoms with E-state index in [1.165, 1.54) is 18.5 Å². The molecule has 0 heterocycles. The van der Waals surface area contributed by atoms with Gasteiger partial charge in [0.2, 0.25) is 0 Å². The molecule has 0 saturated heterocycles. The Morgan fingerprint density at radius 3 is 2.94 bits per heavy atom. The summed E-state index contributed by atoms with van der Waals surface area (Å²) in [4.78, 5) is 3.95. The molecule has 1 rings (SSSR count). The number of aliphatic imine (C=N–C) groups is 1. The number of halogens is 2. The van der Waals surface area contributed by atoms with Gasteiger partial charge in [0.1, 0.15) is 0 Å². The van der Waals surface area contributed by atoms with Crippen LogP contribution in [0, 0.1) is 0 Å². The number of anilines is 1. The minimum absolute atomic E-state index is 0.0197. The Balaban J connectivity index is 2.47. The van der Waals surface area contributed by atoms with E-state index in [-0.39, 0.29) is 12.2 Å². The molecule has 0 aliphatic heterocycles. The van der Waals surface area contributed by atoms with Gasteiger partial charge in [0, 0.05) is 24.4 Å². The molecule has 0 spiro atoms. The Labute approximate surface area is 92.8 Å². The van der Waals surface area contributed by atoms with Crippen LogP contribution in [0.1, 0.15) is 18.4 Å². The number of nitrogens with one attached hydrogen (secondary N) is 1. The molecule has 0 fully saturated rings. The van der Waals surface area contributed by atoms with Gasteiger partial charge in [-0.05, 0) is 18.6 Å². The molecular formula is C11H14F2N2O. The summed E-state index contributed by atoms with van der Waals surface area (Å²) in [5.41, 5.74) is 0.555. The second-order valence-corrected chi connectivity index (χ2v) is 3.18. The number of hydrogen-bond acceptors (Lipinski definition) is 2. The molecule has 5 heteroatoms. The predicted octanol–water partition coefficient (Wildman–Crippen LogP) is 2.45. The van der Waals surface area contributed by atoms with Crippen molar-refractivity contribution in [2.24, 2.45) is 4.99 Å². The normalized spacial score (nSPS) is 11.2. The molecule has 0 saturated carbocycles. The summed E-state index contributed by atoms with van der Waals surface area (Å²) in [7, 11) is 0. The van der Waals surface area contributed by atoms with E-state index in [9.17, 15) is 8.78 Å². The fraction of sp³-hybridized carbons (Fsp3) is 0.364. The lowest BCUT2D eigenvalue weighted by atomic mass is 10.2. The maximum Gasteiger partial charge on any atom is 0.263 e. The van der Waals surface area contributed by atoms with Crippen molar-refractivity contribution < 1.29 is 13.9 Å². The maximum absolute atomic E-state index is 12.3. The number of rotatable bonds is 6. The molecule has 88 valence electrons. The first-order valence-electron chi connectivity index (χ1n) is 4.98. The monoisotopic (exact) mass is 228 g/mol. The molecule has 0 aliphatic rings. The van der Waals surface area contributed by atoms with E-state index < -0.39 is 6.43 Å². The van der Waals surface area contributed by atoms with Crippen LogP contribution in [0.25, 0.3) is 0 Å². The SMILES string of the molecule is OCCCN=CNc1cccc(C(F)F)c1. The number of aliphatic hydroxyl groups is 1. The summed E-state index contributed by atoms with van der Waals surface area (Å²) in [5.74, 6) is 0. The second kappa shape index (κ2) is 6.90. The van der Waals surface area contributed by atoms with Crippen molar-refractivity contribution in [1.29, 1.82) is 0 Å². The van der Waals surface area contributed by atoms with Crippen molar-refractivity contribution >= 4 is 12.0 Å². The standard InChI is InChI=1S/C11H14F2N2O/c12-11(13)9-3-1-4-10(7-9)15-8-14-5-2-6-16/h1,3-4,7-8,11,16H,2,5-6H2,(H,14,15). The fourth-order valence-electron chi connectivity index (χ4n) is 1.11. The lowest BCUT2D eigenvalue weighted by Crippen LogP contribution is -1.97. The summed E-state index contributed by atoms with van der Waals surface area (Å²) in [6, 6.07) is 6.00. The molecule has 3 nitrogen and oxygen atoms in total. The average Bonchev–Trinajstić information content (AvgIpc) is 2.29. The third kappa shape index (κ3) is 4.35. The Morgan fingerprint density at radius 1 is 1.44 bits per heavy atom. The van der Waals surface area contributed by atoms with Gasteiger partial charge in [0.25, 0.3) is 6.43 Å². The van der Waals surface area contributed by atoms with Crippen LogP contribution in [-0.2, 0) is 0 Å². The largest absolute Gasteiger partial charge is 0.396 e. The maximum atomic E-state index is 12.3. The van der Waals surface area contributed by atoms with Gasteiger partial charge >= 0.3 is 0 Å². The molecule has 1 aromatic carbocycles. The van der Waals surface area contributed by atoms with Crippen LogP contribution in [0.4, 0.5) is 14.5 Å². The summed E-state index contributed by atoms with van der Waals surface area (Å²) in [5, 5.41) is 11.3. The molecule has 0 unspecified atom stereocenters. The zero-order chi connectivity index (χ0) is 11.8. The number of hydrogen-bond donors (Lipinski definition) is 2. The molecular weight excluding hydrogens is 214 g/mol. The van der Waals surface area contributed by atoms with Crippen LogP contribution in [0.3, 0.4) is 0 Å². The minimum atomic E-state index is -2.46. The molecule has 0 atom stereocenters. The lowest BCUT2D eigenvalue weighted by Gasteiger charge is -2.03. The predicted molar refractivity (Wildman–Crippen MR) is 60.1 cm³/mol. The molecule has 16 heavy (non-hydrogen) atoms. The van der Waals surface area contributed by atoms with Gasteiger partial charge in [0.05, 0.1) is 6.34 Å². The first-order chi connectivity index (χ1) is 7.74. The van der Waals surface area contributed by atoms with E-state index in [0.29, 0.717) is 18.7 Å². The van der Waals surface area contributed by atoms with Crippen LogP contribution >= 0.6 is 0 Å². The molecule has 0 amide bonds. The summed E-state index contributed by atoms with van der Waals surface area (Å²) in [6.45, 7) is 0.607. The number of alkyl halides is 2. The average molecular weight is 228 g/mol. The minimum Gasteiger partial charge on any atom is -0.396 e. The molecule has 2 N–H and O–H groups in total. The van der Waals surface area contributed by atoms with Crippen molar-refractivity contribution in [2.45, 2.75) is 12.8 Å². The summed E-state index contributed by atoms with van der Waals surface area (Å²) >= 11 is 0. The highest BCUT2D eigenvalue weighted by molar-refractivity contribution is 5.75. The number of aliphatic hydroxyl groups excluding tert-OH is 1. The van der Waals surface area contributed by atoms with Crippen LogP contribution in [0.2, 0.25) is 0 Å². The summed E-state index contributed by atoms with van der Waals surface area (Å²) < 4.78 is 24.7. The van der Waals surface area contributed by atoms with Gasteiger partial charge in [-0.2, -0.15) is 0 Å². The lowest BCUT2D eigenvalue weighted by molar-refractivity contribution is 0.151. The highest BCUT2D eigenvalue weighted by Gasteiger charge is 2.05. The van der Waals surface area contributed by atoms with Gasteiger partial charge < -0.3 is 10.4 Å². The van der Waals surface area contributed by atoms with E-state index in [0.717, 1.165) is 0 Å². The molecule has 0 radical (unpaired) electrons. The van der Waals surface area contributed by atoms with Crippen molar-refractivity contribution in [3.63, 3.8) is 0 Å². The van der Waals surface area contributed by atoms with Gasteiger partial charge in [-0.15, -0.1) is 0 Å². The first-order valence-corrected chi connectivity index (χ1v) is 4.98. The van der Waals surface area contributed by atoms with Crippen molar-refractivity contribution in [2.75, 3.05) is 18.5 Å². The third-order valence-corrected chi connectivity index (χ3v) is 1.91. The highest BCUT2D eigenvalue weighted by atomic mass is 19.3. The van der Waals surface area contributed by atoms with E-state index in [4.69, 9.17) is 5.11 Å². The smallest absolute Gasteiger partial charge is 0.263 e. The van der Waals surface area contributed by atoms with Crippen LogP contribution < -0.4 is 5.32 Å². The van der Waals surface area contributed by atoms with E-state index in [2.05, 4.69) is 10.3 Å². The van der Waals surface area contributed by atoms with Gasteiger partial charge in [-0.3, -0.25) is 4.99 Å². The first kappa shape index (κ1) is 12.6. The molecule has 1 aromatic rings. The van der Waals surface area contributed by atoms with Crippen molar-refractivity contribution in [1.82, 2.24) is 0 Å². The van der Waals surface area contributed by atoms with Crippen molar-refractivity contribution in [3.8, 4) is 0 Å². The Hall–Kier alpha value is -1.49. The van der Waals surface area contributed by atoms with E-state index >= 15 is 0 Å². The number of benzene rings is 1. The van der Waals surface area contributed by atoms with Crippen LogP contribution in [0.15, 0.2) is 29.3 Å². The topological polar surface area (TPSA) is 44.6 Å². The summed E-state index contributed by atoms with van der Waals surface area (Å²) in [6.07, 6.45) is -0.428. The van der Waals surface area contributed by atoms with Crippen molar-refractivity contribution in [3.05, 3.63) is 29.8 Å². The molecule has 0 aromatic heterocycles. The van der Waals surface area contributed by atoms with Gasteiger partial charge in [0.15, 0.2) is 0 Å². The second-order valence-electron chi connectivity index (χ2n) is 3.18. The van der Waals surface area contributed by atoms with E-state index in [1.807, 2.05) is 0 Å². The Morgan fingerprint density at radius 2 is 2.25 bits per heavy atom. The van der Waals surface area contributed by atoms with E-state index in [1.54, 1.807) is 12.1 Å². The third-order valence-electron chi connectivity index (χ3n) is 1.91. The van der Waals surface area contributed by atoms with Crippen LogP contribution in [-0.4, -0.2) is 24.6 Å². The Bertz CT molecular complexity index is 343.